The molecular formula is C11H17NO3. The molecule has 0 amide bonds. The van der Waals surface area contributed by atoms with E-state index in [1.54, 1.807) is 0 Å². The lowest BCUT2D eigenvalue weighted by Gasteiger charge is -2.13. The van der Waals surface area contributed by atoms with Gasteiger partial charge in [-0.2, -0.15) is 0 Å². The van der Waals surface area contributed by atoms with E-state index in [2.05, 4.69) is 5.32 Å². The summed E-state index contributed by atoms with van der Waals surface area (Å²) >= 11 is 0. The normalized spacial score (nSPS) is 12.4. The number of ether oxygens (including phenoxy) is 1. The van der Waals surface area contributed by atoms with E-state index >= 15 is 0 Å². The van der Waals surface area contributed by atoms with Gasteiger partial charge in [0.25, 0.3) is 0 Å². The van der Waals surface area contributed by atoms with Crippen LogP contribution in [0.4, 0.5) is 5.69 Å². The van der Waals surface area contributed by atoms with Crippen molar-refractivity contribution in [3.63, 3.8) is 0 Å². The molecule has 1 atom stereocenters. The summed E-state index contributed by atoms with van der Waals surface area (Å²) in [7, 11) is 0. The Balaban J connectivity index is 2.46. The molecule has 1 aromatic carbocycles. The molecule has 0 heterocycles. The molecule has 0 aromatic heterocycles. The first kappa shape index (κ1) is 11.7. The topological polar surface area (TPSA) is 61.7 Å². The number of nitrogens with one attached hydrogen (secondary N) is 1. The quantitative estimate of drug-likeness (QED) is 0.397. The summed E-state index contributed by atoms with van der Waals surface area (Å²) in [5.41, 5.74) is 0.471. The summed E-state index contributed by atoms with van der Waals surface area (Å²) < 4.78 is 5.39. The van der Waals surface area contributed by atoms with Gasteiger partial charge < -0.3 is 20.3 Å². The molecule has 0 saturated carbocycles. The Morgan fingerprint density at radius 2 is 2.13 bits per heavy atom. The molecule has 0 fully saturated rings. The van der Waals surface area contributed by atoms with Crippen molar-refractivity contribution in [2.45, 2.75) is 26.4 Å². The van der Waals surface area contributed by atoms with Crippen LogP contribution in [-0.4, -0.2) is 23.0 Å². The lowest BCUT2D eigenvalue weighted by atomic mass is 10.3. The Bertz CT molecular complexity index is 315. The lowest BCUT2D eigenvalue weighted by Crippen LogP contribution is -2.13. The van der Waals surface area contributed by atoms with Crippen LogP contribution in [0.2, 0.25) is 0 Å². The highest BCUT2D eigenvalue weighted by atomic mass is 16.5. The average Bonchev–Trinajstić information content (AvgIpc) is 2.23. The summed E-state index contributed by atoms with van der Waals surface area (Å²) in [5.74, 6) is 0.208. The van der Waals surface area contributed by atoms with Crippen molar-refractivity contribution in [2.24, 2.45) is 0 Å². The van der Waals surface area contributed by atoms with E-state index in [1.165, 1.54) is 18.2 Å². The Hall–Kier alpha value is -1.42. The smallest absolute Gasteiger partial charge is 0.139 e. The van der Waals surface area contributed by atoms with Crippen molar-refractivity contribution in [1.29, 1.82) is 0 Å². The minimum absolute atomic E-state index is 0.0977. The summed E-state index contributed by atoms with van der Waals surface area (Å²) in [6.07, 6.45) is 1.12. The fraction of sp³-hybridized carbons (Fsp3) is 0.455. The van der Waals surface area contributed by atoms with Gasteiger partial charge in [-0.15, -0.1) is 0 Å². The predicted molar refractivity (Wildman–Crippen MR) is 59.1 cm³/mol. The number of hydrogen-bond donors (Lipinski definition) is 3. The second kappa shape index (κ2) is 5.46. The molecule has 0 bridgehead atoms. The maximum absolute atomic E-state index is 9.43. The molecule has 1 unspecified atom stereocenters. The lowest BCUT2D eigenvalue weighted by molar-refractivity contribution is 0.0776. The van der Waals surface area contributed by atoms with Gasteiger partial charge >= 0.3 is 0 Å². The zero-order chi connectivity index (χ0) is 11.3. The minimum atomic E-state index is 0.0977. The summed E-state index contributed by atoms with van der Waals surface area (Å²) in [4.78, 5) is 0. The van der Waals surface area contributed by atoms with Crippen LogP contribution in [0.25, 0.3) is 0 Å². The fourth-order valence-corrected chi connectivity index (χ4v) is 1.05. The van der Waals surface area contributed by atoms with Gasteiger partial charge in [0.1, 0.15) is 18.2 Å². The molecule has 0 aliphatic rings. The molecule has 15 heavy (non-hydrogen) atoms. The monoisotopic (exact) mass is 211 g/mol. The van der Waals surface area contributed by atoms with Crippen LogP contribution in [0, 0.1) is 0 Å². The van der Waals surface area contributed by atoms with Crippen LogP contribution in [-0.2, 0) is 4.74 Å². The number of phenolic OH excluding ortho intramolecular Hbond substituents is 2. The zero-order valence-corrected chi connectivity index (χ0v) is 9.03. The number of aromatic hydroxyl groups is 2. The van der Waals surface area contributed by atoms with Gasteiger partial charge in [0, 0.05) is 6.07 Å². The maximum Gasteiger partial charge on any atom is 0.139 e. The van der Waals surface area contributed by atoms with Crippen LogP contribution in [0.15, 0.2) is 18.2 Å². The first-order valence-corrected chi connectivity index (χ1v) is 5.01. The van der Waals surface area contributed by atoms with Crippen molar-refractivity contribution in [2.75, 3.05) is 12.0 Å². The molecule has 4 heteroatoms. The third-order valence-electron chi connectivity index (χ3n) is 2.19. The van der Waals surface area contributed by atoms with Crippen molar-refractivity contribution in [1.82, 2.24) is 0 Å². The largest absolute Gasteiger partial charge is 0.508 e. The van der Waals surface area contributed by atoms with Gasteiger partial charge in [0.15, 0.2) is 0 Å². The highest BCUT2D eigenvalue weighted by Gasteiger charge is 2.02. The molecule has 0 radical (unpaired) electrons. The van der Waals surface area contributed by atoms with Crippen LogP contribution in [0.5, 0.6) is 11.5 Å². The average molecular weight is 211 g/mol. The molecule has 4 nitrogen and oxygen atoms in total. The molecule has 0 spiro atoms. The van der Waals surface area contributed by atoms with Crippen molar-refractivity contribution < 1.29 is 14.9 Å². The number of anilines is 1. The number of phenols is 2. The molecule has 0 saturated heterocycles. The van der Waals surface area contributed by atoms with E-state index in [1.807, 2.05) is 13.8 Å². The molecule has 3 N–H and O–H groups in total. The van der Waals surface area contributed by atoms with Crippen LogP contribution >= 0.6 is 0 Å². The minimum Gasteiger partial charge on any atom is -0.508 e. The Morgan fingerprint density at radius 3 is 2.80 bits per heavy atom. The van der Waals surface area contributed by atoms with E-state index in [0.29, 0.717) is 12.4 Å². The number of benzene rings is 1. The Labute approximate surface area is 89.5 Å². The van der Waals surface area contributed by atoms with E-state index in [4.69, 9.17) is 4.74 Å². The van der Waals surface area contributed by atoms with Crippen molar-refractivity contribution in [3.05, 3.63) is 18.2 Å². The zero-order valence-electron chi connectivity index (χ0n) is 9.03. The highest BCUT2D eigenvalue weighted by Crippen LogP contribution is 2.26. The van der Waals surface area contributed by atoms with Crippen LogP contribution in [0.1, 0.15) is 20.3 Å². The summed E-state index contributed by atoms with van der Waals surface area (Å²) in [6, 6.07) is 4.31. The van der Waals surface area contributed by atoms with Crippen LogP contribution < -0.4 is 5.32 Å². The van der Waals surface area contributed by atoms with Gasteiger partial charge in [-0.1, -0.05) is 6.92 Å². The van der Waals surface area contributed by atoms with Crippen molar-refractivity contribution in [3.8, 4) is 11.5 Å². The SMILES string of the molecule is CCC(C)OCNc1cc(O)ccc1O. The van der Waals surface area contributed by atoms with Gasteiger partial charge in [0.05, 0.1) is 11.8 Å². The third kappa shape index (κ3) is 3.67. The van der Waals surface area contributed by atoms with Gasteiger partial charge in [-0.05, 0) is 25.5 Å². The van der Waals surface area contributed by atoms with Crippen molar-refractivity contribution >= 4 is 5.69 Å². The van der Waals surface area contributed by atoms with E-state index in [0.717, 1.165) is 6.42 Å². The highest BCUT2D eigenvalue weighted by molar-refractivity contribution is 5.58. The fourth-order valence-electron chi connectivity index (χ4n) is 1.05. The predicted octanol–water partition coefficient (Wildman–Crippen LogP) is 2.28. The number of hydrogen-bond acceptors (Lipinski definition) is 4. The second-order valence-corrected chi connectivity index (χ2v) is 3.41. The molecule has 84 valence electrons. The molecule has 0 aliphatic carbocycles. The molecular weight excluding hydrogens is 194 g/mol. The van der Waals surface area contributed by atoms with E-state index < -0.39 is 0 Å². The van der Waals surface area contributed by atoms with Crippen LogP contribution in [0.3, 0.4) is 0 Å². The summed E-state index contributed by atoms with van der Waals surface area (Å²) in [6.45, 7) is 4.33. The Morgan fingerprint density at radius 1 is 1.40 bits per heavy atom. The van der Waals surface area contributed by atoms with Gasteiger partial charge in [-0.3, -0.25) is 0 Å². The van der Waals surface area contributed by atoms with Gasteiger partial charge in [0.2, 0.25) is 0 Å². The molecule has 1 aromatic rings. The second-order valence-electron chi connectivity index (χ2n) is 3.41. The van der Waals surface area contributed by atoms with E-state index in [-0.39, 0.29) is 17.6 Å². The van der Waals surface area contributed by atoms with E-state index in [9.17, 15) is 10.2 Å². The third-order valence-corrected chi connectivity index (χ3v) is 2.19. The van der Waals surface area contributed by atoms with Gasteiger partial charge in [-0.25, -0.2) is 0 Å². The number of rotatable bonds is 5. The summed E-state index contributed by atoms with van der Waals surface area (Å²) in [5, 5.41) is 21.5. The molecule has 0 aliphatic heterocycles. The first-order valence-electron chi connectivity index (χ1n) is 5.01. The standard InChI is InChI=1S/C11H17NO3/c1-3-8(2)15-7-12-10-6-9(13)4-5-11(10)14/h4-6,8,12-14H,3,7H2,1-2H3. The molecule has 1 rings (SSSR count). The Kier molecular flexibility index (Phi) is 4.24. The maximum atomic E-state index is 9.43. The first-order chi connectivity index (χ1) is 7.13.